The summed E-state index contributed by atoms with van der Waals surface area (Å²) < 4.78 is 51.5. The third-order valence-electron chi connectivity index (χ3n) is 5.27. The molecule has 1 heterocycles. The molecule has 0 saturated carbocycles. The molecule has 0 spiro atoms. The molecule has 1 N–H and O–H groups in total. The number of benzene rings is 3. The number of halogens is 3. The number of hydrogen-bond acceptors (Lipinski definition) is 4. The van der Waals surface area contributed by atoms with Crippen LogP contribution in [0.2, 0.25) is 0 Å². The number of para-hydroxylation sites is 1. The molecular formula is C25H22F3N3O3. The molecule has 0 bridgehead atoms. The highest BCUT2D eigenvalue weighted by atomic mass is 19.4. The van der Waals surface area contributed by atoms with E-state index in [2.05, 4.69) is 10.3 Å². The van der Waals surface area contributed by atoms with Gasteiger partial charge in [-0.1, -0.05) is 30.3 Å². The molecule has 1 amide bonds. The van der Waals surface area contributed by atoms with Crippen molar-refractivity contribution in [3.05, 3.63) is 77.9 Å². The van der Waals surface area contributed by atoms with Gasteiger partial charge in [0.05, 0.1) is 17.7 Å². The minimum atomic E-state index is -4.47. The Morgan fingerprint density at radius 1 is 1.06 bits per heavy atom. The molecule has 0 fully saturated rings. The van der Waals surface area contributed by atoms with Gasteiger partial charge >= 0.3 is 12.2 Å². The van der Waals surface area contributed by atoms with Crippen molar-refractivity contribution >= 4 is 16.9 Å². The second-order valence-corrected chi connectivity index (χ2v) is 7.58. The number of carbonyl (C=O) groups excluding carboxylic acids is 1. The van der Waals surface area contributed by atoms with E-state index in [-0.39, 0.29) is 17.7 Å². The molecule has 0 atom stereocenters. The largest absolute Gasteiger partial charge is 0.425 e. The van der Waals surface area contributed by atoms with Crippen molar-refractivity contribution in [3.63, 3.8) is 0 Å². The predicted molar refractivity (Wildman–Crippen MR) is 122 cm³/mol. The van der Waals surface area contributed by atoms with Crippen molar-refractivity contribution in [1.82, 2.24) is 14.9 Å². The normalized spacial score (nSPS) is 11.6. The van der Waals surface area contributed by atoms with Crippen molar-refractivity contribution in [2.24, 2.45) is 7.05 Å². The van der Waals surface area contributed by atoms with E-state index >= 15 is 0 Å². The Kier molecular flexibility index (Phi) is 6.56. The van der Waals surface area contributed by atoms with Crippen molar-refractivity contribution in [1.29, 1.82) is 0 Å². The molecule has 0 saturated heterocycles. The second kappa shape index (κ2) is 9.56. The van der Waals surface area contributed by atoms with E-state index < -0.39 is 11.7 Å². The Labute approximate surface area is 193 Å². The van der Waals surface area contributed by atoms with Gasteiger partial charge in [-0.25, -0.2) is 0 Å². The maximum Gasteiger partial charge on any atom is 0.416 e. The van der Waals surface area contributed by atoms with Gasteiger partial charge in [-0.15, -0.1) is 0 Å². The van der Waals surface area contributed by atoms with Crippen LogP contribution in [0.15, 0.2) is 66.7 Å². The van der Waals surface area contributed by atoms with E-state index in [1.54, 1.807) is 36.9 Å². The van der Waals surface area contributed by atoms with Crippen LogP contribution in [0.4, 0.5) is 13.2 Å². The number of alkyl halides is 3. The van der Waals surface area contributed by atoms with E-state index in [0.29, 0.717) is 24.2 Å². The van der Waals surface area contributed by atoms with Crippen LogP contribution in [0.5, 0.6) is 11.8 Å². The summed E-state index contributed by atoms with van der Waals surface area (Å²) in [6, 6.07) is 17.5. The zero-order chi connectivity index (χ0) is 24.3. The Bertz CT molecular complexity index is 1330. The van der Waals surface area contributed by atoms with Gasteiger partial charge in [-0.2, -0.15) is 18.2 Å². The van der Waals surface area contributed by atoms with Crippen LogP contribution in [0.3, 0.4) is 0 Å². The summed E-state index contributed by atoms with van der Waals surface area (Å²) >= 11 is 0. The maximum absolute atomic E-state index is 13.1. The summed E-state index contributed by atoms with van der Waals surface area (Å²) in [7, 11) is 3.28. The maximum atomic E-state index is 13.1. The lowest BCUT2D eigenvalue weighted by molar-refractivity contribution is -0.137. The molecule has 6 nitrogen and oxygen atoms in total. The van der Waals surface area contributed by atoms with Crippen LogP contribution in [-0.4, -0.2) is 35.7 Å². The molecule has 0 aliphatic heterocycles. The standard InChI is InChI=1S/C25H22F3N3O3/c1-31-21-11-5-10-20(16-6-3-7-17(14-16)23(32)29-12-13-33-2)22(21)30-24(31)34-19-9-4-8-18(15-19)25(26,27)28/h3-11,14-15H,12-13H2,1-2H3,(H,29,32). The number of methoxy groups -OCH3 is 1. The number of imidazole rings is 1. The minimum Gasteiger partial charge on any atom is -0.425 e. The summed E-state index contributed by atoms with van der Waals surface area (Å²) in [5.41, 5.74) is 2.55. The van der Waals surface area contributed by atoms with Gasteiger partial charge in [0.25, 0.3) is 5.91 Å². The first-order valence-electron chi connectivity index (χ1n) is 10.5. The number of aromatic nitrogens is 2. The molecule has 0 aliphatic rings. The van der Waals surface area contributed by atoms with E-state index in [0.717, 1.165) is 28.8 Å². The Balaban J connectivity index is 1.68. The van der Waals surface area contributed by atoms with Gasteiger partial charge in [-0.05, 0) is 42.0 Å². The predicted octanol–water partition coefficient (Wildman–Crippen LogP) is 5.43. The van der Waals surface area contributed by atoms with Crippen molar-refractivity contribution < 1.29 is 27.4 Å². The molecule has 1 aromatic heterocycles. The third kappa shape index (κ3) is 4.89. The smallest absolute Gasteiger partial charge is 0.416 e. The van der Waals surface area contributed by atoms with Gasteiger partial charge in [0.15, 0.2) is 0 Å². The number of ether oxygens (including phenoxy) is 2. The highest BCUT2D eigenvalue weighted by Gasteiger charge is 2.30. The van der Waals surface area contributed by atoms with Crippen LogP contribution in [0.25, 0.3) is 22.2 Å². The highest BCUT2D eigenvalue weighted by Crippen LogP contribution is 2.35. The molecule has 9 heteroatoms. The van der Waals surface area contributed by atoms with Crippen LogP contribution in [0, 0.1) is 0 Å². The Morgan fingerprint density at radius 2 is 1.82 bits per heavy atom. The lowest BCUT2D eigenvalue weighted by atomic mass is 10.0. The fourth-order valence-electron chi connectivity index (χ4n) is 3.56. The molecule has 4 aromatic rings. The average molecular weight is 469 g/mol. The number of carbonyl (C=O) groups is 1. The SMILES string of the molecule is COCCNC(=O)c1cccc(-c2cccc3c2nc(Oc2cccc(C(F)(F)F)c2)n3C)c1. The summed E-state index contributed by atoms with van der Waals surface area (Å²) in [4.78, 5) is 17.0. The second-order valence-electron chi connectivity index (χ2n) is 7.58. The highest BCUT2D eigenvalue weighted by molar-refractivity contribution is 5.98. The van der Waals surface area contributed by atoms with Gasteiger partial charge < -0.3 is 14.8 Å². The molecule has 4 rings (SSSR count). The first-order chi connectivity index (χ1) is 16.3. The van der Waals surface area contributed by atoms with E-state index in [1.165, 1.54) is 12.1 Å². The monoisotopic (exact) mass is 469 g/mol. The van der Waals surface area contributed by atoms with Crippen molar-refractivity contribution in [2.45, 2.75) is 6.18 Å². The summed E-state index contributed by atoms with van der Waals surface area (Å²) in [6.07, 6.45) is -4.47. The molecule has 176 valence electrons. The van der Waals surface area contributed by atoms with E-state index in [4.69, 9.17) is 9.47 Å². The number of nitrogens with one attached hydrogen (secondary N) is 1. The molecular weight excluding hydrogens is 447 g/mol. The summed E-state index contributed by atoms with van der Waals surface area (Å²) in [5.74, 6) is -0.190. The average Bonchev–Trinajstić information content (AvgIpc) is 3.14. The minimum absolute atomic E-state index is 0.0320. The first-order valence-corrected chi connectivity index (χ1v) is 10.5. The fraction of sp³-hybridized carbons (Fsp3) is 0.200. The number of amides is 1. The van der Waals surface area contributed by atoms with Gasteiger partial charge in [-0.3, -0.25) is 9.36 Å². The zero-order valence-corrected chi connectivity index (χ0v) is 18.5. The number of nitrogens with zero attached hydrogens (tertiary/aromatic N) is 2. The van der Waals surface area contributed by atoms with E-state index in [9.17, 15) is 18.0 Å². The number of rotatable bonds is 7. The fourth-order valence-corrected chi connectivity index (χ4v) is 3.56. The lowest BCUT2D eigenvalue weighted by Crippen LogP contribution is -2.26. The third-order valence-corrected chi connectivity index (χ3v) is 5.27. The Morgan fingerprint density at radius 3 is 2.59 bits per heavy atom. The quantitative estimate of drug-likeness (QED) is 0.367. The molecule has 0 aliphatic carbocycles. The summed E-state index contributed by atoms with van der Waals surface area (Å²) in [6.45, 7) is 0.805. The molecule has 0 radical (unpaired) electrons. The molecule has 34 heavy (non-hydrogen) atoms. The number of hydrogen-bond donors (Lipinski definition) is 1. The zero-order valence-electron chi connectivity index (χ0n) is 18.5. The number of aryl methyl sites for hydroxylation is 1. The molecule has 0 unspecified atom stereocenters. The van der Waals surface area contributed by atoms with Crippen LogP contribution < -0.4 is 10.1 Å². The Hall–Kier alpha value is -3.85. The van der Waals surface area contributed by atoms with Crippen LogP contribution in [-0.2, 0) is 18.0 Å². The van der Waals surface area contributed by atoms with Gasteiger partial charge in [0.1, 0.15) is 11.3 Å². The molecule has 3 aromatic carbocycles. The first kappa shape index (κ1) is 23.3. The van der Waals surface area contributed by atoms with Crippen molar-refractivity contribution in [3.8, 4) is 22.9 Å². The van der Waals surface area contributed by atoms with Gasteiger partial charge in [0.2, 0.25) is 0 Å². The number of fused-ring (bicyclic) bond motifs is 1. The summed E-state index contributed by atoms with van der Waals surface area (Å²) in [5, 5.41) is 2.79. The van der Waals surface area contributed by atoms with Crippen molar-refractivity contribution in [2.75, 3.05) is 20.3 Å². The van der Waals surface area contributed by atoms with Gasteiger partial charge in [0, 0.05) is 31.8 Å². The van der Waals surface area contributed by atoms with Crippen LogP contribution >= 0.6 is 0 Å². The van der Waals surface area contributed by atoms with E-state index in [1.807, 2.05) is 24.3 Å². The van der Waals surface area contributed by atoms with Crippen LogP contribution in [0.1, 0.15) is 15.9 Å². The lowest BCUT2D eigenvalue weighted by Gasteiger charge is -2.09. The topological polar surface area (TPSA) is 65.4 Å².